The van der Waals surface area contributed by atoms with E-state index in [1.165, 1.54) is 0 Å². The number of hydrogen-bond donors (Lipinski definition) is 0. The summed E-state index contributed by atoms with van der Waals surface area (Å²) in [7, 11) is 3.20. The molecule has 1 aliphatic heterocycles. The van der Waals surface area contributed by atoms with Crippen molar-refractivity contribution < 1.29 is 23.7 Å². The molecule has 0 spiro atoms. The van der Waals surface area contributed by atoms with Crippen LogP contribution in [0.4, 0.5) is 0 Å². The first-order chi connectivity index (χ1) is 15.5. The second-order valence-electron chi connectivity index (χ2n) is 7.63. The maximum absolute atomic E-state index is 12.5. The quantitative estimate of drug-likeness (QED) is 0.345. The summed E-state index contributed by atoms with van der Waals surface area (Å²) in [5.41, 5.74) is 3.58. The number of fused-ring (bicyclic) bond motifs is 1. The maximum atomic E-state index is 12.5. The van der Waals surface area contributed by atoms with Crippen LogP contribution in [0, 0.1) is 0 Å². The molecular formula is C27H26O5. The van der Waals surface area contributed by atoms with E-state index in [0.717, 1.165) is 22.4 Å². The lowest BCUT2D eigenvalue weighted by atomic mass is 9.91. The van der Waals surface area contributed by atoms with Crippen molar-refractivity contribution in [2.24, 2.45) is 0 Å². The van der Waals surface area contributed by atoms with E-state index in [1.807, 2.05) is 43.3 Å². The van der Waals surface area contributed by atoms with Crippen molar-refractivity contribution >= 4 is 12.0 Å². The van der Waals surface area contributed by atoms with Gasteiger partial charge in [0, 0.05) is 11.5 Å². The van der Waals surface area contributed by atoms with Crippen molar-refractivity contribution in [3.8, 4) is 23.0 Å². The Bertz CT molecular complexity index is 1150. The fraction of sp³-hybridized carbons (Fsp3) is 0.222. The minimum Gasteiger partial charge on any atom is -0.493 e. The van der Waals surface area contributed by atoms with E-state index in [-0.39, 0.29) is 12.0 Å². The molecule has 3 aromatic carbocycles. The molecule has 5 nitrogen and oxygen atoms in total. The van der Waals surface area contributed by atoms with Crippen molar-refractivity contribution in [1.29, 1.82) is 0 Å². The zero-order valence-electron chi connectivity index (χ0n) is 18.6. The van der Waals surface area contributed by atoms with Gasteiger partial charge in [0.25, 0.3) is 0 Å². The summed E-state index contributed by atoms with van der Waals surface area (Å²) in [4.78, 5) is 12.5. The topological polar surface area (TPSA) is 54.0 Å². The van der Waals surface area contributed by atoms with Crippen LogP contribution in [0.1, 0.15) is 52.9 Å². The zero-order valence-corrected chi connectivity index (χ0v) is 18.6. The molecule has 4 rings (SSSR count). The monoisotopic (exact) mass is 430 g/mol. The lowest BCUT2D eigenvalue weighted by Gasteiger charge is -2.18. The Hall–Kier alpha value is -3.73. The van der Waals surface area contributed by atoms with E-state index in [9.17, 15) is 4.79 Å². The first kappa shape index (κ1) is 21.5. The number of benzene rings is 3. The Morgan fingerprint density at radius 1 is 0.938 bits per heavy atom. The van der Waals surface area contributed by atoms with Crippen molar-refractivity contribution in [1.82, 2.24) is 0 Å². The highest BCUT2D eigenvalue weighted by atomic mass is 16.6. The molecular weight excluding hydrogens is 404 g/mol. The Labute approximate surface area is 188 Å². The molecule has 0 amide bonds. The van der Waals surface area contributed by atoms with Gasteiger partial charge in [-0.15, -0.1) is 0 Å². The summed E-state index contributed by atoms with van der Waals surface area (Å²) in [6, 6.07) is 18.5. The number of allylic oxidation sites excluding steroid dienone is 1. The number of esters is 1. The Kier molecular flexibility index (Phi) is 6.17. The van der Waals surface area contributed by atoms with E-state index in [2.05, 4.69) is 13.0 Å². The Morgan fingerprint density at radius 3 is 2.38 bits per heavy atom. The van der Waals surface area contributed by atoms with Gasteiger partial charge in [-0.3, -0.25) is 0 Å². The normalized spacial score (nSPS) is 17.0. The Morgan fingerprint density at radius 2 is 1.69 bits per heavy atom. The minimum atomic E-state index is -0.434. The number of hydrogen-bond acceptors (Lipinski definition) is 5. The van der Waals surface area contributed by atoms with Gasteiger partial charge in [0.1, 0.15) is 6.10 Å². The number of rotatable bonds is 6. The molecule has 2 atom stereocenters. The summed E-state index contributed by atoms with van der Waals surface area (Å²) >= 11 is 0. The molecule has 0 radical (unpaired) electrons. The number of ether oxygens (including phenoxy) is 4. The molecule has 0 saturated heterocycles. The highest BCUT2D eigenvalue weighted by molar-refractivity contribution is 5.91. The van der Waals surface area contributed by atoms with Crippen molar-refractivity contribution in [2.45, 2.75) is 25.9 Å². The third-order valence-corrected chi connectivity index (χ3v) is 5.60. The molecule has 3 aromatic rings. The number of carbonyl (C=O) groups excluding carboxylic acids is 1. The van der Waals surface area contributed by atoms with Crippen LogP contribution in [0.15, 0.2) is 66.7 Å². The second-order valence-corrected chi connectivity index (χ2v) is 7.63. The molecule has 0 aromatic heterocycles. The fourth-order valence-corrected chi connectivity index (χ4v) is 3.98. The molecule has 164 valence electrons. The average Bonchev–Trinajstić information content (AvgIpc) is 3.16. The van der Waals surface area contributed by atoms with E-state index in [1.54, 1.807) is 44.6 Å². The first-order valence-electron chi connectivity index (χ1n) is 10.5. The highest BCUT2D eigenvalue weighted by Gasteiger charge is 2.35. The summed E-state index contributed by atoms with van der Waals surface area (Å²) in [5, 5.41) is 0. The van der Waals surface area contributed by atoms with Gasteiger partial charge in [0.15, 0.2) is 23.0 Å². The van der Waals surface area contributed by atoms with E-state index in [4.69, 9.17) is 18.9 Å². The molecule has 0 aliphatic carbocycles. The second kappa shape index (κ2) is 9.18. The number of carbonyl (C=O) groups is 1. The third-order valence-electron chi connectivity index (χ3n) is 5.60. The molecule has 0 bridgehead atoms. The molecule has 32 heavy (non-hydrogen) atoms. The van der Waals surface area contributed by atoms with E-state index < -0.39 is 5.97 Å². The van der Waals surface area contributed by atoms with Gasteiger partial charge < -0.3 is 18.9 Å². The van der Waals surface area contributed by atoms with Crippen LogP contribution >= 0.6 is 0 Å². The summed E-state index contributed by atoms with van der Waals surface area (Å²) < 4.78 is 23.0. The standard InChI is InChI=1S/C27H26O5/c1-5-9-18-14-21-17(2)25(32-26(21)24(15-18)30-4)20-12-13-22(23(16-20)29-3)31-27(28)19-10-7-6-8-11-19/h5-17,25H,1-4H3/b9-5+. The fourth-order valence-electron chi connectivity index (χ4n) is 3.98. The van der Waals surface area contributed by atoms with Crippen molar-refractivity contribution in [3.63, 3.8) is 0 Å². The van der Waals surface area contributed by atoms with Crippen LogP contribution in [-0.4, -0.2) is 20.2 Å². The van der Waals surface area contributed by atoms with Gasteiger partial charge in [-0.05, 0) is 54.4 Å². The number of methoxy groups -OCH3 is 2. The average molecular weight is 431 g/mol. The van der Waals surface area contributed by atoms with Crippen molar-refractivity contribution in [3.05, 3.63) is 89.0 Å². The smallest absolute Gasteiger partial charge is 0.343 e. The maximum Gasteiger partial charge on any atom is 0.343 e. The SMILES string of the molecule is C/C=C/c1cc(OC)c2c(c1)C(C)C(c1ccc(OC(=O)c3ccccc3)c(OC)c1)O2. The van der Waals surface area contributed by atoms with Crippen LogP contribution < -0.4 is 18.9 Å². The van der Waals surface area contributed by atoms with Crippen LogP contribution in [0.2, 0.25) is 0 Å². The third kappa shape index (κ3) is 4.06. The van der Waals surface area contributed by atoms with Crippen LogP contribution in [0.3, 0.4) is 0 Å². The van der Waals surface area contributed by atoms with E-state index in [0.29, 0.717) is 22.8 Å². The van der Waals surface area contributed by atoms with Gasteiger partial charge in [-0.1, -0.05) is 43.3 Å². The van der Waals surface area contributed by atoms with Crippen LogP contribution in [-0.2, 0) is 0 Å². The van der Waals surface area contributed by atoms with Crippen LogP contribution in [0.25, 0.3) is 6.08 Å². The van der Waals surface area contributed by atoms with E-state index >= 15 is 0 Å². The highest BCUT2D eigenvalue weighted by Crippen LogP contribution is 2.51. The van der Waals surface area contributed by atoms with Gasteiger partial charge >= 0.3 is 5.97 Å². The summed E-state index contributed by atoms with van der Waals surface area (Å²) in [6.07, 6.45) is 3.83. The molecule has 0 N–H and O–H groups in total. The molecule has 1 heterocycles. The Balaban J connectivity index is 1.62. The van der Waals surface area contributed by atoms with Crippen LogP contribution in [0.5, 0.6) is 23.0 Å². The summed E-state index contributed by atoms with van der Waals surface area (Å²) in [5.74, 6) is 1.98. The lowest BCUT2D eigenvalue weighted by Crippen LogP contribution is -2.11. The molecule has 2 unspecified atom stereocenters. The first-order valence-corrected chi connectivity index (χ1v) is 10.5. The van der Waals surface area contributed by atoms with Gasteiger partial charge in [-0.2, -0.15) is 0 Å². The summed E-state index contributed by atoms with van der Waals surface area (Å²) in [6.45, 7) is 4.12. The van der Waals surface area contributed by atoms with Crippen molar-refractivity contribution in [2.75, 3.05) is 14.2 Å². The van der Waals surface area contributed by atoms with Gasteiger partial charge in [-0.25, -0.2) is 4.79 Å². The zero-order chi connectivity index (χ0) is 22.7. The van der Waals surface area contributed by atoms with Gasteiger partial charge in [0.05, 0.1) is 19.8 Å². The lowest BCUT2D eigenvalue weighted by molar-refractivity contribution is 0.0729. The predicted molar refractivity (Wildman–Crippen MR) is 124 cm³/mol. The minimum absolute atomic E-state index is 0.103. The molecule has 0 fully saturated rings. The predicted octanol–water partition coefficient (Wildman–Crippen LogP) is 6.19. The molecule has 1 aliphatic rings. The molecule has 0 saturated carbocycles. The largest absolute Gasteiger partial charge is 0.493 e. The molecule has 5 heteroatoms. The van der Waals surface area contributed by atoms with Gasteiger partial charge in [0.2, 0.25) is 0 Å².